The van der Waals surface area contributed by atoms with E-state index in [2.05, 4.69) is 10.3 Å². The van der Waals surface area contributed by atoms with Crippen molar-refractivity contribution in [1.82, 2.24) is 14.3 Å². The standard InChI is InChI=1S/C15H15Cl2F3N4O3S/c1-7(15(2,19)20)23-28(26,27)9-6-24(3)12(10(9)16)14(25)22-8-4-5-21-13(17)11(8)18/h4-7,23H,1-3H3,(H,21,22,25). The smallest absolute Gasteiger partial charge is 0.273 e. The van der Waals surface area contributed by atoms with Crippen LogP contribution in [0, 0.1) is 5.82 Å². The van der Waals surface area contributed by atoms with E-state index in [1.165, 1.54) is 7.05 Å². The van der Waals surface area contributed by atoms with Crippen molar-refractivity contribution in [3.05, 3.63) is 40.1 Å². The van der Waals surface area contributed by atoms with Gasteiger partial charge in [-0.2, -0.15) is 0 Å². The fourth-order valence-corrected chi connectivity index (χ4v) is 4.27. The summed E-state index contributed by atoms with van der Waals surface area (Å²) in [5, 5.41) is 1.21. The Kier molecular flexibility index (Phi) is 6.34. The Labute approximate surface area is 168 Å². The molecule has 0 aromatic carbocycles. The number of nitrogens with zero attached hydrogens (tertiary/aromatic N) is 2. The lowest BCUT2D eigenvalue weighted by Crippen LogP contribution is -2.43. The molecule has 1 atom stereocenters. The monoisotopic (exact) mass is 458 g/mol. The number of aryl methyl sites for hydroxylation is 1. The number of sulfonamides is 1. The molecule has 0 aliphatic heterocycles. The summed E-state index contributed by atoms with van der Waals surface area (Å²) < 4.78 is 68.2. The molecule has 2 rings (SSSR count). The minimum Gasteiger partial charge on any atom is -0.344 e. The van der Waals surface area contributed by atoms with Crippen molar-refractivity contribution >= 4 is 44.8 Å². The zero-order valence-electron chi connectivity index (χ0n) is 14.7. The van der Waals surface area contributed by atoms with Gasteiger partial charge in [0.25, 0.3) is 11.8 Å². The molecule has 2 heterocycles. The topological polar surface area (TPSA) is 93.1 Å². The summed E-state index contributed by atoms with van der Waals surface area (Å²) in [6, 6.07) is -0.584. The molecule has 1 amide bonds. The fourth-order valence-electron chi connectivity index (χ4n) is 2.11. The molecule has 1 unspecified atom stereocenters. The van der Waals surface area contributed by atoms with Crippen LogP contribution in [0.1, 0.15) is 24.3 Å². The molecule has 2 N–H and O–H groups in total. The molecule has 154 valence electrons. The molecule has 2 aromatic rings. The Morgan fingerprint density at radius 1 is 1.36 bits per heavy atom. The Morgan fingerprint density at radius 3 is 2.54 bits per heavy atom. The number of anilines is 1. The fraction of sp³-hybridized carbons (Fsp3) is 0.333. The second-order valence-corrected chi connectivity index (χ2v) is 8.40. The van der Waals surface area contributed by atoms with E-state index in [4.69, 9.17) is 23.2 Å². The van der Waals surface area contributed by atoms with Crippen LogP contribution in [0.3, 0.4) is 0 Å². The quantitative estimate of drug-likeness (QED) is 0.648. The third-order valence-electron chi connectivity index (χ3n) is 3.78. The number of alkyl halides is 2. The third kappa shape index (κ3) is 4.59. The molecule has 0 radical (unpaired) electrons. The van der Waals surface area contributed by atoms with Crippen LogP contribution >= 0.6 is 23.2 Å². The molecule has 0 fully saturated rings. The molecule has 0 saturated heterocycles. The Balaban J connectivity index is 2.38. The average Bonchev–Trinajstić information content (AvgIpc) is 2.86. The minimum absolute atomic E-state index is 0.302. The van der Waals surface area contributed by atoms with Crippen LogP contribution in [-0.2, 0) is 17.1 Å². The summed E-state index contributed by atoms with van der Waals surface area (Å²) >= 11 is 11.6. The van der Waals surface area contributed by atoms with E-state index in [9.17, 15) is 26.4 Å². The van der Waals surface area contributed by atoms with Crippen molar-refractivity contribution in [3.8, 4) is 0 Å². The van der Waals surface area contributed by atoms with Gasteiger partial charge in [0.15, 0.2) is 11.0 Å². The first-order chi connectivity index (χ1) is 12.8. The number of carbonyl (C=O) groups excluding carboxylic acids is 1. The van der Waals surface area contributed by atoms with Crippen LogP contribution in [0.4, 0.5) is 18.9 Å². The lowest BCUT2D eigenvalue weighted by Gasteiger charge is -2.20. The molecular weight excluding hydrogens is 444 g/mol. The summed E-state index contributed by atoms with van der Waals surface area (Å²) in [6.45, 7) is 1.54. The number of hydrogen-bond donors (Lipinski definition) is 2. The number of aromatic nitrogens is 2. The molecule has 0 aliphatic carbocycles. The molecule has 7 nitrogen and oxygen atoms in total. The van der Waals surface area contributed by atoms with Crippen LogP contribution in [0.15, 0.2) is 23.4 Å². The van der Waals surface area contributed by atoms with Crippen molar-refractivity contribution in [1.29, 1.82) is 0 Å². The maximum absolute atomic E-state index is 13.9. The molecule has 0 spiro atoms. The number of halogens is 5. The number of hydrogen-bond acceptors (Lipinski definition) is 4. The van der Waals surface area contributed by atoms with E-state index in [1.54, 1.807) is 4.72 Å². The van der Waals surface area contributed by atoms with E-state index in [0.717, 1.165) is 30.0 Å². The van der Waals surface area contributed by atoms with E-state index >= 15 is 0 Å². The highest BCUT2D eigenvalue weighted by Gasteiger charge is 2.36. The molecule has 2 aromatic heterocycles. The van der Waals surface area contributed by atoms with Gasteiger partial charge in [-0.1, -0.05) is 23.2 Å². The predicted octanol–water partition coefficient (Wildman–Crippen LogP) is 3.44. The Hall–Kier alpha value is -1.82. The highest BCUT2D eigenvalue weighted by molar-refractivity contribution is 7.89. The van der Waals surface area contributed by atoms with Gasteiger partial charge >= 0.3 is 0 Å². The van der Waals surface area contributed by atoms with Crippen LogP contribution < -0.4 is 10.0 Å². The SMILES string of the molecule is CC(NS(=O)(=O)c1cn(C)c(C(=O)Nc2ccnc(Cl)c2F)c1Cl)C(C)(F)F. The van der Waals surface area contributed by atoms with Gasteiger partial charge in [0.05, 0.1) is 16.8 Å². The van der Waals surface area contributed by atoms with E-state index in [0.29, 0.717) is 6.92 Å². The van der Waals surface area contributed by atoms with Gasteiger partial charge in [0.2, 0.25) is 10.0 Å². The summed E-state index contributed by atoms with van der Waals surface area (Å²) in [6.07, 6.45) is 2.13. The van der Waals surface area contributed by atoms with E-state index in [-0.39, 0.29) is 11.4 Å². The van der Waals surface area contributed by atoms with Gasteiger partial charge in [-0.05, 0) is 13.0 Å². The minimum atomic E-state index is -4.46. The first kappa shape index (κ1) is 22.5. The maximum atomic E-state index is 13.9. The summed E-state index contributed by atoms with van der Waals surface area (Å²) in [4.78, 5) is 15.4. The normalized spacial score (nSPS) is 13.4. The molecule has 0 aliphatic rings. The zero-order valence-corrected chi connectivity index (χ0v) is 17.1. The van der Waals surface area contributed by atoms with Gasteiger partial charge in [0, 0.05) is 26.4 Å². The molecule has 13 heteroatoms. The second-order valence-electron chi connectivity index (χ2n) is 5.98. The Morgan fingerprint density at radius 2 is 1.96 bits per heavy atom. The van der Waals surface area contributed by atoms with Crippen LogP contribution in [0.25, 0.3) is 0 Å². The molecular formula is C15H15Cl2F3N4O3S. The first-order valence-corrected chi connectivity index (χ1v) is 9.86. The average molecular weight is 459 g/mol. The number of amides is 1. The van der Waals surface area contributed by atoms with Crippen molar-refractivity contribution < 1.29 is 26.4 Å². The van der Waals surface area contributed by atoms with E-state index in [1.807, 2.05) is 0 Å². The maximum Gasteiger partial charge on any atom is 0.273 e. The largest absolute Gasteiger partial charge is 0.344 e. The number of rotatable bonds is 6. The number of pyridine rings is 1. The number of nitrogens with one attached hydrogen (secondary N) is 2. The van der Waals surface area contributed by atoms with Crippen molar-refractivity contribution in [2.75, 3.05) is 5.32 Å². The predicted molar refractivity (Wildman–Crippen MR) is 98.0 cm³/mol. The van der Waals surface area contributed by atoms with Crippen molar-refractivity contribution in [3.63, 3.8) is 0 Å². The van der Waals surface area contributed by atoms with Crippen LogP contribution in [0.2, 0.25) is 10.2 Å². The summed E-state index contributed by atoms with van der Waals surface area (Å²) in [5.41, 5.74) is -0.630. The van der Waals surface area contributed by atoms with E-state index < -0.39 is 48.8 Å². The van der Waals surface area contributed by atoms with Crippen molar-refractivity contribution in [2.45, 2.75) is 30.7 Å². The summed E-state index contributed by atoms with van der Waals surface area (Å²) in [5.74, 6) is -5.26. The van der Waals surface area contributed by atoms with Crippen molar-refractivity contribution in [2.24, 2.45) is 7.05 Å². The zero-order chi connectivity index (χ0) is 21.4. The lowest BCUT2D eigenvalue weighted by atomic mass is 10.2. The molecule has 28 heavy (non-hydrogen) atoms. The molecule has 0 saturated carbocycles. The Bertz CT molecular complexity index is 1020. The van der Waals surface area contributed by atoms with Crippen LogP contribution in [-0.4, -0.2) is 35.8 Å². The highest BCUT2D eigenvalue weighted by atomic mass is 35.5. The summed E-state index contributed by atoms with van der Waals surface area (Å²) in [7, 11) is -3.15. The first-order valence-electron chi connectivity index (χ1n) is 7.62. The highest BCUT2D eigenvalue weighted by Crippen LogP contribution is 2.29. The van der Waals surface area contributed by atoms with Crippen LogP contribution in [0.5, 0.6) is 0 Å². The van der Waals surface area contributed by atoms with Gasteiger partial charge in [-0.15, -0.1) is 0 Å². The molecule has 0 bridgehead atoms. The number of carbonyl (C=O) groups is 1. The second kappa shape index (κ2) is 7.90. The lowest BCUT2D eigenvalue weighted by molar-refractivity contribution is -0.00488. The van der Waals surface area contributed by atoms with Gasteiger partial charge in [-0.25, -0.2) is 31.3 Å². The van der Waals surface area contributed by atoms with Gasteiger partial charge in [-0.3, -0.25) is 4.79 Å². The third-order valence-corrected chi connectivity index (χ3v) is 6.09. The van der Waals surface area contributed by atoms with Gasteiger partial charge < -0.3 is 9.88 Å². The van der Waals surface area contributed by atoms with Gasteiger partial charge in [0.1, 0.15) is 10.6 Å².